The third kappa shape index (κ3) is 7.62. The van der Waals surface area contributed by atoms with E-state index in [-0.39, 0.29) is 6.42 Å². The topological polar surface area (TPSA) is 78.1 Å². The third-order valence-corrected chi connectivity index (χ3v) is 6.26. The summed E-state index contributed by atoms with van der Waals surface area (Å²) in [5, 5.41) is 11.1. The predicted octanol–water partition coefficient (Wildman–Crippen LogP) is 6.65. The average molecular weight is 535 g/mol. The lowest BCUT2D eigenvalue weighted by molar-refractivity contribution is 0.167. The Hall–Kier alpha value is -4.81. The molecule has 5 aromatic rings. The van der Waals surface area contributed by atoms with Gasteiger partial charge in [0.1, 0.15) is 31.3 Å². The van der Waals surface area contributed by atoms with Crippen molar-refractivity contribution in [2.75, 3.05) is 0 Å². The summed E-state index contributed by atoms with van der Waals surface area (Å²) in [5.74, 6) is 1.79. The number of hydrogen-bond acceptors (Lipinski definition) is 6. The molecular formula is C34H30O6. The van der Waals surface area contributed by atoms with Gasteiger partial charge in [0, 0.05) is 12.5 Å². The van der Waals surface area contributed by atoms with Gasteiger partial charge in [-0.2, -0.15) is 0 Å². The fraction of sp³-hybridized carbons (Fsp3) is 0.147. The van der Waals surface area contributed by atoms with Crippen molar-refractivity contribution < 1.29 is 23.7 Å². The molecule has 40 heavy (non-hydrogen) atoms. The molecule has 1 unspecified atom stereocenters. The normalized spacial score (nSPS) is 11.5. The van der Waals surface area contributed by atoms with Crippen molar-refractivity contribution in [3.63, 3.8) is 0 Å². The molecule has 4 aromatic carbocycles. The van der Waals surface area contributed by atoms with Gasteiger partial charge in [0.05, 0.1) is 12.2 Å². The molecule has 0 aliphatic rings. The van der Waals surface area contributed by atoms with E-state index in [2.05, 4.69) is 0 Å². The Morgan fingerprint density at radius 3 is 1.70 bits per heavy atom. The summed E-state index contributed by atoms with van der Waals surface area (Å²) in [6, 6.07) is 37.7. The number of aliphatic hydroxyl groups is 1. The van der Waals surface area contributed by atoms with Crippen LogP contribution in [0.3, 0.4) is 0 Å². The van der Waals surface area contributed by atoms with Gasteiger partial charge in [0.15, 0.2) is 11.5 Å². The maximum atomic E-state index is 12.2. The van der Waals surface area contributed by atoms with Crippen LogP contribution in [0, 0.1) is 0 Å². The SMILES string of the molecule is O=c1cc(OCc2ccccc2)cc(CC(O)c2ccc(OCc3ccccc3)c(OCc3ccccc3)c2)o1. The second kappa shape index (κ2) is 13.3. The zero-order valence-electron chi connectivity index (χ0n) is 21.9. The van der Waals surface area contributed by atoms with Crippen molar-refractivity contribution in [1.29, 1.82) is 0 Å². The Labute approximate surface area is 233 Å². The monoisotopic (exact) mass is 534 g/mol. The van der Waals surface area contributed by atoms with E-state index in [4.69, 9.17) is 18.6 Å². The number of benzene rings is 4. The van der Waals surface area contributed by atoms with Crippen LogP contribution >= 0.6 is 0 Å². The zero-order chi connectivity index (χ0) is 27.6. The largest absolute Gasteiger partial charge is 0.489 e. The predicted molar refractivity (Wildman–Crippen MR) is 152 cm³/mol. The molecular weight excluding hydrogens is 504 g/mol. The number of aliphatic hydroxyl groups excluding tert-OH is 1. The van der Waals surface area contributed by atoms with Gasteiger partial charge in [0.2, 0.25) is 0 Å². The molecule has 0 saturated heterocycles. The van der Waals surface area contributed by atoms with Gasteiger partial charge in [-0.25, -0.2) is 4.79 Å². The molecule has 202 valence electrons. The highest BCUT2D eigenvalue weighted by Crippen LogP contribution is 2.33. The van der Waals surface area contributed by atoms with E-state index >= 15 is 0 Å². The van der Waals surface area contributed by atoms with E-state index in [0.29, 0.717) is 48.4 Å². The first-order chi connectivity index (χ1) is 19.6. The highest BCUT2D eigenvalue weighted by atomic mass is 16.5. The van der Waals surface area contributed by atoms with Crippen molar-refractivity contribution in [2.45, 2.75) is 32.3 Å². The lowest BCUT2D eigenvalue weighted by atomic mass is 10.0. The van der Waals surface area contributed by atoms with E-state index in [9.17, 15) is 9.90 Å². The third-order valence-electron chi connectivity index (χ3n) is 6.26. The van der Waals surface area contributed by atoms with Crippen LogP contribution in [0.1, 0.15) is 34.1 Å². The van der Waals surface area contributed by atoms with Crippen molar-refractivity contribution in [3.05, 3.63) is 160 Å². The number of rotatable bonds is 12. The molecule has 6 heteroatoms. The molecule has 0 aliphatic carbocycles. The fourth-order valence-electron chi connectivity index (χ4n) is 4.17. The molecule has 0 bridgehead atoms. The Kier molecular flexibility index (Phi) is 8.91. The van der Waals surface area contributed by atoms with Crippen molar-refractivity contribution in [2.24, 2.45) is 0 Å². The smallest absolute Gasteiger partial charge is 0.339 e. The van der Waals surface area contributed by atoms with E-state index in [1.165, 1.54) is 6.07 Å². The Morgan fingerprint density at radius 1 is 0.600 bits per heavy atom. The summed E-state index contributed by atoms with van der Waals surface area (Å²) in [7, 11) is 0. The first kappa shape index (κ1) is 26.8. The first-order valence-corrected chi connectivity index (χ1v) is 13.1. The minimum absolute atomic E-state index is 0.0835. The molecule has 1 aromatic heterocycles. The van der Waals surface area contributed by atoms with Gasteiger partial charge < -0.3 is 23.7 Å². The molecule has 6 nitrogen and oxygen atoms in total. The van der Waals surface area contributed by atoms with Crippen LogP contribution in [-0.2, 0) is 26.2 Å². The maximum absolute atomic E-state index is 12.2. The molecule has 1 heterocycles. The molecule has 1 atom stereocenters. The molecule has 0 amide bonds. The van der Waals surface area contributed by atoms with Crippen molar-refractivity contribution in [1.82, 2.24) is 0 Å². The molecule has 0 radical (unpaired) electrons. The summed E-state index contributed by atoms with van der Waals surface area (Å²) >= 11 is 0. The molecule has 1 N–H and O–H groups in total. The highest BCUT2D eigenvalue weighted by Gasteiger charge is 2.16. The van der Waals surface area contributed by atoms with Crippen LogP contribution in [0.15, 0.2) is 131 Å². The lowest BCUT2D eigenvalue weighted by Gasteiger charge is -2.17. The Balaban J connectivity index is 1.31. The second-order valence-electron chi connectivity index (χ2n) is 9.33. The van der Waals surface area contributed by atoms with Crippen LogP contribution in [0.2, 0.25) is 0 Å². The maximum Gasteiger partial charge on any atom is 0.339 e. The average Bonchev–Trinajstić information content (AvgIpc) is 2.99. The first-order valence-electron chi connectivity index (χ1n) is 13.1. The molecule has 0 spiro atoms. The van der Waals surface area contributed by atoms with Crippen LogP contribution in [0.5, 0.6) is 17.2 Å². The summed E-state index contributed by atoms with van der Waals surface area (Å²) < 4.78 is 23.4. The summed E-state index contributed by atoms with van der Waals surface area (Å²) in [6.07, 6.45) is -0.866. The molecule has 5 rings (SSSR count). The number of hydrogen-bond donors (Lipinski definition) is 1. The second-order valence-corrected chi connectivity index (χ2v) is 9.33. The van der Waals surface area contributed by atoms with Crippen LogP contribution in [0.4, 0.5) is 0 Å². The van der Waals surface area contributed by atoms with Crippen LogP contribution in [-0.4, -0.2) is 5.11 Å². The summed E-state index contributed by atoms with van der Waals surface area (Å²) in [5.41, 5.74) is 3.09. The highest BCUT2D eigenvalue weighted by molar-refractivity contribution is 5.44. The van der Waals surface area contributed by atoms with Crippen molar-refractivity contribution in [3.8, 4) is 17.2 Å². The Bertz CT molecular complexity index is 1550. The summed E-state index contributed by atoms with van der Waals surface area (Å²) in [6.45, 7) is 1.04. The van der Waals surface area contributed by atoms with Crippen LogP contribution in [0.25, 0.3) is 0 Å². The van der Waals surface area contributed by atoms with E-state index in [1.54, 1.807) is 24.3 Å². The molecule has 0 saturated carbocycles. The standard InChI is InChI=1S/C34H30O6/c35-31(20-30-19-29(21-34(36)40-30)37-22-25-10-4-1-5-11-25)28-16-17-32(38-23-26-12-6-2-7-13-26)33(18-28)39-24-27-14-8-3-9-15-27/h1-19,21,31,35H,20,22-24H2. The lowest BCUT2D eigenvalue weighted by Crippen LogP contribution is -2.08. The number of ether oxygens (including phenoxy) is 3. The Morgan fingerprint density at radius 2 is 1.12 bits per heavy atom. The summed E-state index contributed by atoms with van der Waals surface area (Å²) in [4.78, 5) is 12.2. The van der Waals surface area contributed by atoms with E-state index in [1.807, 2.05) is 91.0 Å². The van der Waals surface area contributed by atoms with Gasteiger partial charge in [-0.3, -0.25) is 0 Å². The van der Waals surface area contributed by atoms with Gasteiger partial charge in [-0.15, -0.1) is 0 Å². The fourth-order valence-corrected chi connectivity index (χ4v) is 4.17. The van der Waals surface area contributed by atoms with Crippen LogP contribution < -0.4 is 19.8 Å². The van der Waals surface area contributed by atoms with E-state index in [0.717, 1.165) is 16.7 Å². The quantitative estimate of drug-likeness (QED) is 0.193. The molecule has 0 aliphatic heterocycles. The van der Waals surface area contributed by atoms with E-state index < -0.39 is 11.7 Å². The van der Waals surface area contributed by atoms with Crippen molar-refractivity contribution >= 4 is 0 Å². The molecule has 0 fully saturated rings. The minimum Gasteiger partial charge on any atom is -0.489 e. The van der Waals surface area contributed by atoms with Gasteiger partial charge in [-0.05, 0) is 34.4 Å². The minimum atomic E-state index is -0.949. The van der Waals surface area contributed by atoms with Gasteiger partial charge in [0.25, 0.3) is 0 Å². The van der Waals surface area contributed by atoms with Gasteiger partial charge >= 0.3 is 5.63 Å². The zero-order valence-corrected chi connectivity index (χ0v) is 21.9. The van der Waals surface area contributed by atoms with Gasteiger partial charge in [-0.1, -0.05) is 97.1 Å².